The summed E-state index contributed by atoms with van der Waals surface area (Å²) in [5.41, 5.74) is 1.61. The molecule has 2 aromatic rings. The molecule has 2 heteroatoms. The van der Waals surface area contributed by atoms with E-state index >= 15 is 0 Å². The highest BCUT2D eigenvalue weighted by Gasteiger charge is 2.31. The van der Waals surface area contributed by atoms with Gasteiger partial charge in [0.25, 0.3) is 0 Å². The average molecular weight is 269 g/mol. The molecule has 0 bridgehead atoms. The molecule has 0 saturated carbocycles. The Bertz CT molecular complexity index is 468. The highest BCUT2D eigenvalue weighted by Crippen LogP contribution is 2.32. The van der Waals surface area contributed by atoms with Gasteiger partial charge in [0, 0.05) is 12.8 Å². The molecule has 106 valence electrons. The van der Waals surface area contributed by atoms with Crippen LogP contribution in [0.5, 0.6) is 0 Å². The molecule has 1 aromatic carbocycles. The number of hydrogen-bond donors (Lipinski definition) is 0. The lowest BCUT2D eigenvalue weighted by atomic mass is 9.91. The van der Waals surface area contributed by atoms with Gasteiger partial charge in [-0.15, -0.1) is 0 Å². The van der Waals surface area contributed by atoms with Gasteiger partial charge in [-0.25, -0.2) is 0 Å². The Morgan fingerprint density at radius 3 is 2.35 bits per heavy atom. The van der Waals surface area contributed by atoms with Gasteiger partial charge in [-0.3, -0.25) is 4.98 Å². The first-order chi connectivity index (χ1) is 9.63. The summed E-state index contributed by atoms with van der Waals surface area (Å²) in [4.78, 5) is 4.50. The molecule has 1 unspecified atom stereocenters. The number of pyridine rings is 1. The minimum absolute atomic E-state index is 0.489. The largest absolute Gasteiger partial charge is 0.364 e. The number of rotatable bonds is 6. The standard InChI is InChI=1S/C18H23NO/c1-15(2)12-14-20-18(3,16-9-5-4-6-10-16)17-11-7-8-13-19-17/h4-11,13,15H,12,14H2,1-3H3. The van der Waals surface area contributed by atoms with Crippen LogP contribution in [0.2, 0.25) is 0 Å². The normalized spacial score (nSPS) is 14.2. The lowest BCUT2D eigenvalue weighted by molar-refractivity contribution is -0.0122. The molecule has 0 saturated heterocycles. The fourth-order valence-corrected chi connectivity index (χ4v) is 2.21. The number of benzene rings is 1. The summed E-state index contributed by atoms with van der Waals surface area (Å²) < 4.78 is 6.25. The third-order valence-electron chi connectivity index (χ3n) is 3.56. The van der Waals surface area contributed by atoms with E-state index in [0.717, 1.165) is 24.3 Å². The van der Waals surface area contributed by atoms with Gasteiger partial charge in [-0.1, -0.05) is 50.2 Å². The zero-order chi connectivity index (χ0) is 14.4. The van der Waals surface area contributed by atoms with E-state index in [0.29, 0.717) is 5.92 Å². The van der Waals surface area contributed by atoms with Gasteiger partial charge in [0.1, 0.15) is 5.60 Å². The Morgan fingerprint density at radius 2 is 1.75 bits per heavy atom. The van der Waals surface area contributed by atoms with Gasteiger partial charge in [0.2, 0.25) is 0 Å². The van der Waals surface area contributed by atoms with Crippen LogP contribution >= 0.6 is 0 Å². The molecule has 0 radical (unpaired) electrons. The van der Waals surface area contributed by atoms with Crippen molar-refractivity contribution in [3.05, 3.63) is 66.0 Å². The van der Waals surface area contributed by atoms with Crippen molar-refractivity contribution in [2.75, 3.05) is 6.61 Å². The molecule has 2 rings (SSSR count). The third kappa shape index (κ3) is 3.45. The first-order valence-electron chi connectivity index (χ1n) is 7.24. The van der Waals surface area contributed by atoms with Gasteiger partial charge in [-0.05, 0) is 37.0 Å². The maximum atomic E-state index is 6.25. The Labute approximate surface area is 121 Å². The van der Waals surface area contributed by atoms with E-state index in [1.54, 1.807) is 0 Å². The van der Waals surface area contributed by atoms with E-state index in [9.17, 15) is 0 Å². The van der Waals surface area contributed by atoms with Gasteiger partial charge in [0.05, 0.1) is 5.69 Å². The van der Waals surface area contributed by atoms with Crippen LogP contribution in [-0.4, -0.2) is 11.6 Å². The Morgan fingerprint density at radius 1 is 1.05 bits per heavy atom. The van der Waals surface area contributed by atoms with Crippen LogP contribution in [-0.2, 0) is 10.3 Å². The first-order valence-corrected chi connectivity index (χ1v) is 7.24. The van der Waals surface area contributed by atoms with Crippen LogP contribution in [0.25, 0.3) is 0 Å². The van der Waals surface area contributed by atoms with Gasteiger partial charge < -0.3 is 4.74 Å². The van der Waals surface area contributed by atoms with Gasteiger partial charge in [-0.2, -0.15) is 0 Å². The molecular formula is C18H23NO. The maximum Gasteiger partial charge on any atom is 0.132 e. The molecule has 1 atom stereocenters. The maximum absolute atomic E-state index is 6.25. The Hall–Kier alpha value is -1.67. The smallest absolute Gasteiger partial charge is 0.132 e. The van der Waals surface area contributed by atoms with Crippen LogP contribution in [0.1, 0.15) is 38.4 Å². The molecule has 0 fully saturated rings. The first kappa shape index (κ1) is 14.7. The molecule has 20 heavy (non-hydrogen) atoms. The van der Waals surface area contributed by atoms with Crippen LogP contribution < -0.4 is 0 Å². The zero-order valence-electron chi connectivity index (χ0n) is 12.5. The Kier molecular flexibility index (Phi) is 4.91. The average Bonchev–Trinajstić information content (AvgIpc) is 2.48. The zero-order valence-corrected chi connectivity index (χ0v) is 12.5. The molecule has 0 aliphatic carbocycles. The van der Waals surface area contributed by atoms with E-state index in [1.165, 1.54) is 0 Å². The summed E-state index contributed by atoms with van der Waals surface area (Å²) >= 11 is 0. The van der Waals surface area contributed by atoms with Crippen LogP contribution in [0.4, 0.5) is 0 Å². The molecule has 2 nitrogen and oxygen atoms in total. The van der Waals surface area contributed by atoms with Crippen molar-refractivity contribution < 1.29 is 4.74 Å². The third-order valence-corrected chi connectivity index (χ3v) is 3.56. The van der Waals surface area contributed by atoms with E-state index in [-0.39, 0.29) is 0 Å². The lowest BCUT2D eigenvalue weighted by Gasteiger charge is -2.30. The monoisotopic (exact) mass is 269 g/mol. The van der Waals surface area contributed by atoms with Crippen LogP contribution in [0.3, 0.4) is 0 Å². The quantitative estimate of drug-likeness (QED) is 0.775. The van der Waals surface area contributed by atoms with E-state index in [4.69, 9.17) is 4.74 Å². The SMILES string of the molecule is CC(C)CCOC(C)(c1ccccc1)c1ccccn1. The molecule has 0 aliphatic rings. The highest BCUT2D eigenvalue weighted by atomic mass is 16.5. The summed E-state index contributed by atoms with van der Waals surface area (Å²) in [6.45, 7) is 7.26. The van der Waals surface area contributed by atoms with Crippen molar-refractivity contribution in [2.45, 2.75) is 32.8 Å². The van der Waals surface area contributed by atoms with Crippen LogP contribution in [0, 0.1) is 5.92 Å². The van der Waals surface area contributed by atoms with Crippen molar-refractivity contribution in [1.29, 1.82) is 0 Å². The summed E-state index contributed by atoms with van der Waals surface area (Å²) in [5.74, 6) is 0.638. The molecule has 1 aromatic heterocycles. The van der Waals surface area contributed by atoms with Crippen molar-refractivity contribution in [2.24, 2.45) is 5.92 Å². The lowest BCUT2D eigenvalue weighted by Crippen LogP contribution is -2.29. The minimum Gasteiger partial charge on any atom is -0.364 e. The van der Waals surface area contributed by atoms with Crippen molar-refractivity contribution in [1.82, 2.24) is 4.98 Å². The molecule has 1 heterocycles. The van der Waals surface area contributed by atoms with Crippen molar-refractivity contribution in [3.63, 3.8) is 0 Å². The molecule has 0 aliphatic heterocycles. The minimum atomic E-state index is -0.489. The number of ether oxygens (including phenoxy) is 1. The second-order valence-electron chi connectivity index (χ2n) is 5.65. The molecular weight excluding hydrogens is 246 g/mol. The van der Waals surface area contributed by atoms with E-state index in [2.05, 4.69) is 37.9 Å². The summed E-state index contributed by atoms with van der Waals surface area (Å²) in [6.07, 6.45) is 2.87. The summed E-state index contributed by atoms with van der Waals surface area (Å²) in [7, 11) is 0. The number of nitrogens with zero attached hydrogens (tertiary/aromatic N) is 1. The fraction of sp³-hybridized carbons (Fsp3) is 0.389. The second-order valence-corrected chi connectivity index (χ2v) is 5.65. The predicted molar refractivity (Wildman–Crippen MR) is 82.5 cm³/mol. The van der Waals surface area contributed by atoms with E-state index < -0.39 is 5.60 Å². The van der Waals surface area contributed by atoms with Crippen LogP contribution in [0.15, 0.2) is 54.7 Å². The topological polar surface area (TPSA) is 22.1 Å². The Balaban J connectivity index is 2.29. The number of hydrogen-bond acceptors (Lipinski definition) is 2. The van der Waals surface area contributed by atoms with Gasteiger partial charge >= 0.3 is 0 Å². The molecule has 0 N–H and O–H groups in total. The van der Waals surface area contributed by atoms with Crippen molar-refractivity contribution in [3.8, 4) is 0 Å². The number of aromatic nitrogens is 1. The fourth-order valence-electron chi connectivity index (χ4n) is 2.21. The highest BCUT2D eigenvalue weighted by molar-refractivity contribution is 5.31. The van der Waals surface area contributed by atoms with E-state index in [1.807, 2.05) is 42.6 Å². The molecule has 0 spiro atoms. The van der Waals surface area contributed by atoms with Gasteiger partial charge in [0.15, 0.2) is 0 Å². The predicted octanol–water partition coefficient (Wildman–Crippen LogP) is 4.41. The second kappa shape index (κ2) is 6.67. The molecule has 0 amide bonds. The summed E-state index contributed by atoms with van der Waals surface area (Å²) in [6, 6.07) is 16.3. The van der Waals surface area contributed by atoms with Crippen molar-refractivity contribution >= 4 is 0 Å². The summed E-state index contributed by atoms with van der Waals surface area (Å²) in [5, 5.41) is 0.